The zero-order valence-electron chi connectivity index (χ0n) is 14.9. The van der Waals surface area contributed by atoms with E-state index in [2.05, 4.69) is 29.3 Å². The lowest BCUT2D eigenvalue weighted by molar-refractivity contribution is 0.0674. The highest BCUT2D eigenvalue weighted by Crippen LogP contribution is 2.21. The van der Waals surface area contributed by atoms with Gasteiger partial charge in [-0.1, -0.05) is 19.1 Å². The van der Waals surface area contributed by atoms with Gasteiger partial charge >= 0.3 is 0 Å². The van der Waals surface area contributed by atoms with Crippen LogP contribution in [-0.2, 0) is 13.6 Å². The van der Waals surface area contributed by atoms with Crippen LogP contribution >= 0.6 is 0 Å². The molecule has 7 nitrogen and oxygen atoms in total. The zero-order valence-corrected chi connectivity index (χ0v) is 14.9. The van der Waals surface area contributed by atoms with Crippen LogP contribution < -0.4 is 0 Å². The largest absolute Gasteiger partial charge is 0.337 e. The molecule has 7 heteroatoms. The second-order valence-corrected chi connectivity index (χ2v) is 7.05. The van der Waals surface area contributed by atoms with Gasteiger partial charge in [-0.15, -0.1) is 5.10 Å². The summed E-state index contributed by atoms with van der Waals surface area (Å²) in [7, 11) is 1.86. The Balaban J connectivity index is 1.54. The Kier molecular flexibility index (Phi) is 4.69. The molecule has 130 valence electrons. The SMILES string of the molecule is Cc1cc(C(=O)N2CCC(Cn3cc(C(C)C)nn3)CC2)nn1C. The minimum Gasteiger partial charge on any atom is -0.337 e. The molecule has 2 aromatic heterocycles. The molecule has 2 aromatic rings. The number of carbonyl (C=O) groups is 1. The van der Waals surface area contributed by atoms with Crippen LogP contribution in [0.1, 0.15) is 54.5 Å². The van der Waals surface area contributed by atoms with Gasteiger partial charge in [0.25, 0.3) is 5.91 Å². The van der Waals surface area contributed by atoms with Crippen molar-refractivity contribution in [2.45, 2.75) is 46.1 Å². The quantitative estimate of drug-likeness (QED) is 0.860. The van der Waals surface area contributed by atoms with Crippen LogP contribution in [0, 0.1) is 12.8 Å². The summed E-state index contributed by atoms with van der Waals surface area (Å²) in [4.78, 5) is 14.4. The fourth-order valence-electron chi connectivity index (χ4n) is 3.08. The number of likely N-dealkylation sites (tertiary alicyclic amines) is 1. The molecule has 3 rings (SSSR count). The Morgan fingerprint density at radius 2 is 2.04 bits per heavy atom. The second-order valence-electron chi connectivity index (χ2n) is 7.05. The minimum absolute atomic E-state index is 0.0417. The van der Waals surface area contributed by atoms with Crippen molar-refractivity contribution in [3.05, 3.63) is 29.3 Å². The van der Waals surface area contributed by atoms with E-state index in [9.17, 15) is 4.79 Å². The Morgan fingerprint density at radius 1 is 1.33 bits per heavy atom. The number of rotatable bonds is 4. The molecular formula is C17H26N6O. The van der Waals surface area contributed by atoms with Crippen LogP contribution in [0.4, 0.5) is 0 Å². The molecule has 0 spiro atoms. The number of carbonyl (C=O) groups excluding carboxylic acids is 1. The molecule has 0 N–H and O–H groups in total. The van der Waals surface area contributed by atoms with Gasteiger partial charge in [0.05, 0.1) is 5.69 Å². The third kappa shape index (κ3) is 3.49. The van der Waals surface area contributed by atoms with Gasteiger partial charge in [-0.25, -0.2) is 0 Å². The second kappa shape index (κ2) is 6.75. The Morgan fingerprint density at radius 3 is 2.58 bits per heavy atom. The predicted octanol–water partition coefficient (Wildman–Crippen LogP) is 2.00. The number of piperidine rings is 1. The first-order valence-electron chi connectivity index (χ1n) is 8.64. The molecule has 0 atom stereocenters. The first kappa shape index (κ1) is 16.7. The van der Waals surface area contributed by atoms with Crippen molar-refractivity contribution in [3.63, 3.8) is 0 Å². The van der Waals surface area contributed by atoms with E-state index in [1.165, 1.54) is 0 Å². The van der Waals surface area contributed by atoms with Crippen LogP contribution in [-0.4, -0.2) is 48.7 Å². The molecule has 0 aliphatic carbocycles. The molecule has 1 fully saturated rings. The topological polar surface area (TPSA) is 68.8 Å². The number of hydrogen-bond donors (Lipinski definition) is 0. The van der Waals surface area contributed by atoms with E-state index < -0.39 is 0 Å². The third-order valence-corrected chi connectivity index (χ3v) is 4.83. The molecule has 1 aliphatic heterocycles. The normalized spacial score (nSPS) is 16.1. The molecule has 24 heavy (non-hydrogen) atoms. The number of aromatic nitrogens is 5. The average molecular weight is 330 g/mol. The summed E-state index contributed by atoms with van der Waals surface area (Å²) < 4.78 is 3.69. The van der Waals surface area contributed by atoms with Crippen LogP contribution in [0.5, 0.6) is 0 Å². The number of hydrogen-bond acceptors (Lipinski definition) is 4. The summed E-state index contributed by atoms with van der Waals surface area (Å²) in [6, 6.07) is 1.86. The molecule has 3 heterocycles. The van der Waals surface area contributed by atoms with Crippen molar-refractivity contribution in [2.75, 3.05) is 13.1 Å². The number of amides is 1. The maximum absolute atomic E-state index is 12.5. The smallest absolute Gasteiger partial charge is 0.274 e. The van der Waals surface area contributed by atoms with Crippen molar-refractivity contribution < 1.29 is 4.79 Å². The zero-order chi connectivity index (χ0) is 17.3. The van der Waals surface area contributed by atoms with Gasteiger partial charge in [-0.3, -0.25) is 14.2 Å². The fraction of sp³-hybridized carbons (Fsp3) is 0.647. The van der Waals surface area contributed by atoms with Crippen molar-refractivity contribution >= 4 is 5.91 Å². The Labute approximate surface area is 142 Å². The van der Waals surface area contributed by atoms with Gasteiger partial charge in [0, 0.05) is 38.6 Å². The van der Waals surface area contributed by atoms with Crippen molar-refractivity contribution in [2.24, 2.45) is 13.0 Å². The highest BCUT2D eigenvalue weighted by Gasteiger charge is 2.25. The third-order valence-electron chi connectivity index (χ3n) is 4.83. The summed E-state index contributed by atoms with van der Waals surface area (Å²) >= 11 is 0. The first-order chi connectivity index (χ1) is 11.4. The van der Waals surface area contributed by atoms with E-state index in [0.29, 0.717) is 17.5 Å². The van der Waals surface area contributed by atoms with Gasteiger partial charge in [-0.2, -0.15) is 5.10 Å². The molecule has 0 aromatic carbocycles. The molecule has 1 amide bonds. The summed E-state index contributed by atoms with van der Waals surface area (Å²) in [5.41, 5.74) is 2.58. The highest BCUT2D eigenvalue weighted by molar-refractivity contribution is 5.92. The first-order valence-corrected chi connectivity index (χ1v) is 8.64. The van der Waals surface area contributed by atoms with Crippen molar-refractivity contribution in [3.8, 4) is 0 Å². The summed E-state index contributed by atoms with van der Waals surface area (Å²) in [6.45, 7) is 8.65. The van der Waals surface area contributed by atoms with E-state index in [1.54, 1.807) is 4.68 Å². The molecule has 1 saturated heterocycles. The molecule has 0 bridgehead atoms. The lowest BCUT2D eigenvalue weighted by Gasteiger charge is -2.31. The molecule has 1 aliphatic rings. The Hall–Kier alpha value is -2.18. The van der Waals surface area contributed by atoms with Gasteiger partial charge < -0.3 is 4.90 Å². The summed E-state index contributed by atoms with van der Waals surface area (Å²) in [5, 5.41) is 12.7. The maximum atomic E-state index is 12.5. The fourth-order valence-corrected chi connectivity index (χ4v) is 3.08. The van der Waals surface area contributed by atoms with E-state index in [1.807, 2.05) is 35.8 Å². The minimum atomic E-state index is 0.0417. The van der Waals surface area contributed by atoms with E-state index in [4.69, 9.17) is 0 Å². The van der Waals surface area contributed by atoms with Crippen molar-refractivity contribution in [1.29, 1.82) is 0 Å². The van der Waals surface area contributed by atoms with Crippen LogP contribution in [0.2, 0.25) is 0 Å². The highest BCUT2D eigenvalue weighted by atomic mass is 16.2. The summed E-state index contributed by atoms with van der Waals surface area (Å²) in [5.74, 6) is 0.987. The lowest BCUT2D eigenvalue weighted by atomic mass is 9.96. The molecule has 0 saturated carbocycles. The van der Waals surface area contributed by atoms with Crippen LogP contribution in [0.15, 0.2) is 12.3 Å². The monoisotopic (exact) mass is 330 g/mol. The van der Waals surface area contributed by atoms with E-state index in [0.717, 1.165) is 43.9 Å². The standard InChI is InChI=1S/C17H26N6O/c1-12(2)16-11-23(20-18-16)10-14-5-7-22(8-6-14)17(24)15-9-13(3)21(4)19-15/h9,11-12,14H,5-8,10H2,1-4H3. The Bertz CT molecular complexity index is 689. The van der Waals surface area contributed by atoms with Crippen LogP contribution in [0.3, 0.4) is 0 Å². The molecule has 0 unspecified atom stereocenters. The molecule has 0 radical (unpaired) electrons. The van der Waals surface area contributed by atoms with Gasteiger partial charge in [0.15, 0.2) is 5.69 Å². The number of nitrogens with zero attached hydrogens (tertiary/aromatic N) is 6. The van der Waals surface area contributed by atoms with Crippen molar-refractivity contribution in [1.82, 2.24) is 29.7 Å². The van der Waals surface area contributed by atoms with Gasteiger partial charge in [0.1, 0.15) is 0 Å². The van der Waals surface area contributed by atoms with Gasteiger partial charge in [-0.05, 0) is 37.7 Å². The average Bonchev–Trinajstić information content (AvgIpc) is 3.15. The maximum Gasteiger partial charge on any atom is 0.274 e. The lowest BCUT2D eigenvalue weighted by Crippen LogP contribution is -2.39. The predicted molar refractivity (Wildman–Crippen MR) is 90.7 cm³/mol. The van der Waals surface area contributed by atoms with E-state index >= 15 is 0 Å². The number of aryl methyl sites for hydroxylation is 2. The summed E-state index contributed by atoms with van der Waals surface area (Å²) in [6.07, 6.45) is 4.03. The van der Waals surface area contributed by atoms with Crippen LogP contribution in [0.25, 0.3) is 0 Å². The van der Waals surface area contributed by atoms with E-state index in [-0.39, 0.29) is 5.91 Å². The van der Waals surface area contributed by atoms with Gasteiger partial charge in [0.2, 0.25) is 0 Å². The molecular weight excluding hydrogens is 304 g/mol.